The molecule has 2 aliphatic rings. The fourth-order valence-electron chi connectivity index (χ4n) is 4.18. The summed E-state index contributed by atoms with van der Waals surface area (Å²) in [6.07, 6.45) is -2.74. The van der Waals surface area contributed by atoms with E-state index in [2.05, 4.69) is 5.32 Å². The maximum Gasteiger partial charge on any atom is 0.416 e. The number of nitrogens with one attached hydrogen (secondary N) is 1. The highest BCUT2D eigenvalue weighted by molar-refractivity contribution is 7.89. The molecule has 0 bridgehead atoms. The van der Waals surface area contributed by atoms with E-state index in [1.807, 2.05) is 4.90 Å². The number of ether oxygens (including phenoxy) is 1. The molecule has 0 atom stereocenters. The Balaban J connectivity index is 1.67. The smallest absolute Gasteiger partial charge is 0.379 e. The summed E-state index contributed by atoms with van der Waals surface area (Å²) in [6.45, 7) is 4.00. The number of sulfonamides is 1. The van der Waals surface area contributed by atoms with Crippen LogP contribution in [0.5, 0.6) is 0 Å². The van der Waals surface area contributed by atoms with Gasteiger partial charge >= 0.3 is 6.18 Å². The van der Waals surface area contributed by atoms with Crippen LogP contribution in [0.15, 0.2) is 41.3 Å². The average molecular weight is 498 g/mol. The largest absolute Gasteiger partial charge is 0.416 e. The summed E-state index contributed by atoms with van der Waals surface area (Å²) in [7, 11) is -3.84. The molecule has 2 aliphatic heterocycles. The van der Waals surface area contributed by atoms with Crippen molar-refractivity contribution in [1.82, 2.24) is 4.31 Å². The number of carbonyl (C=O) groups is 1. The zero-order valence-corrected chi connectivity index (χ0v) is 19.5. The molecule has 0 aliphatic carbocycles. The SMILES string of the molecule is Cc1ccc(S(=O)(=O)N2CCOCC2)cc1C(=O)Nc1cc(C(F)(F)F)ccc1N1CCCC1. The van der Waals surface area contributed by atoms with Gasteiger partial charge in [0, 0.05) is 31.7 Å². The Morgan fingerprint density at radius 3 is 2.32 bits per heavy atom. The van der Waals surface area contributed by atoms with Gasteiger partial charge in [0.05, 0.1) is 35.0 Å². The molecule has 4 rings (SSSR count). The Bertz CT molecular complexity index is 1170. The maximum absolute atomic E-state index is 13.4. The van der Waals surface area contributed by atoms with Gasteiger partial charge in [0.2, 0.25) is 10.0 Å². The lowest BCUT2D eigenvalue weighted by atomic mass is 10.1. The van der Waals surface area contributed by atoms with Crippen molar-refractivity contribution in [3.8, 4) is 0 Å². The van der Waals surface area contributed by atoms with Crippen molar-refractivity contribution >= 4 is 27.3 Å². The molecule has 0 radical (unpaired) electrons. The van der Waals surface area contributed by atoms with Gasteiger partial charge in [-0.2, -0.15) is 17.5 Å². The van der Waals surface area contributed by atoms with Crippen LogP contribution < -0.4 is 10.2 Å². The van der Waals surface area contributed by atoms with Gasteiger partial charge in [0.15, 0.2) is 0 Å². The molecule has 1 N–H and O–H groups in total. The number of carbonyl (C=O) groups excluding carboxylic acids is 1. The van der Waals surface area contributed by atoms with E-state index in [0.29, 0.717) is 24.3 Å². The lowest BCUT2D eigenvalue weighted by Gasteiger charge is -2.26. The van der Waals surface area contributed by atoms with Crippen LogP contribution in [-0.2, 0) is 20.9 Å². The van der Waals surface area contributed by atoms with Gasteiger partial charge in [-0.05, 0) is 55.7 Å². The minimum atomic E-state index is -4.56. The first-order valence-corrected chi connectivity index (χ1v) is 12.5. The zero-order chi connectivity index (χ0) is 24.5. The maximum atomic E-state index is 13.4. The summed E-state index contributed by atoms with van der Waals surface area (Å²) in [4.78, 5) is 15.1. The van der Waals surface area contributed by atoms with Crippen molar-refractivity contribution in [2.75, 3.05) is 49.6 Å². The van der Waals surface area contributed by atoms with Crippen LogP contribution >= 0.6 is 0 Å². The topological polar surface area (TPSA) is 78.9 Å². The summed E-state index contributed by atoms with van der Waals surface area (Å²) in [5.41, 5.74) is 0.273. The molecule has 34 heavy (non-hydrogen) atoms. The van der Waals surface area contributed by atoms with Crippen molar-refractivity contribution in [1.29, 1.82) is 0 Å². The van der Waals surface area contributed by atoms with Crippen molar-refractivity contribution in [3.63, 3.8) is 0 Å². The molecule has 7 nitrogen and oxygen atoms in total. The highest BCUT2D eigenvalue weighted by Crippen LogP contribution is 2.37. The fourth-order valence-corrected chi connectivity index (χ4v) is 5.61. The molecule has 2 fully saturated rings. The molecule has 0 aromatic heterocycles. The van der Waals surface area contributed by atoms with E-state index < -0.39 is 27.7 Å². The van der Waals surface area contributed by atoms with Crippen LogP contribution in [0.4, 0.5) is 24.5 Å². The second-order valence-electron chi connectivity index (χ2n) is 8.37. The Kier molecular flexibility index (Phi) is 6.88. The van der Waals surface area contributed by atoms with Crippen molar-refractivity contribution in [3.05, 3.63) is 53.1 Å². The monoisotopic (exact) mass is 497 g/mol. The van der Waals surface area contributed by atoms with E-state index in [1.54, 1.807) is 6.92 Å². The van der Waals surface area contributed by atoms with Crippen LogP contribution in [0, 0.1) is 6.92 Å². The normalized spacial score (nSPS) is 17.7. The van der Waals surface area contributed by atoms with Crippen LogP contribution in [0.25, 0.3) is 0 Å². The molecule has 2 heterocycles. The first-order valence-electron chi connectivity index (χ1n) is 11.0. The van der Waals surface area contributed by atoms with Gasteiger partial charge < -0.3 is 15.0 Å². The van der Waals surface area contributed by atoms with Crippen molar-refractivity contribution in [2.45, 2.75) is 30.8 Å². The zero-order valence-electron chi connectivity index (χ0n) is 18.7. The van der Waals surface area contributed by atoms with Gasteiger partial charge in [0.1, 0.15) is 0 Å². The second-order valence-corrected chi connectivity index (χ2v) is 10.3. The molecule has 11 heteroatoms. The molecule has 0 saturated carbocycles. The number of rotatable bonds is 5. The highest BCUT2D eigenvalue weighted by atomic mass is 32.2. The van der Waals surface area contributed by atoms with E-state index in [4.69, 9.17) is 4.74 Å². The molecule has 1 amide bonds. The summed E-state index contributed by atoms with van der Waals surface area (Å²) in [5, 5.41) is 2.61. The van der Waals surface area contributed by atoms with Crippen molar-refractivity contribution in [2.24, 2.45) is 0 Å². The molecule has 0 spiro atoms. The number of halogens is 3. The molecular formula is C23H26F3N3O4S. The third-order valence-electron chi connectivity index (χ3n) is 6.08. The molecule has 2 saturated heterocycles. The number of hydrogen-bond donors (Lipinski definition) is 1. The Hall–Kier alpha value is -2.63. The standard InChI is InChI=1S/C23H26F3N3O4S/c1-16-4-6-18(34(31,32)29-10-12-33-13-11-29)15-19(16)22(30)27-20-14-17(23(24,25)26)5-7-21(20)28-8-2-3-9-28/h4-7,14-15H,2-3,8-13H2,1H3,(H,27,30). The minimum Gasteiger partial charge on any atom is -0.379 e. The highest BCUT2D eigenvalue weighted by Gasteiger charge is 2.32. The van der Waals surface area contributed by atoms with E-state index in [9.17, 15) is 26.4 Å². The number of anilines is 2. The number of alkyl halides is 3. The lowest BCUT2D eigenvalue weighted by Crippen LogP contribution is -2.40. The van der Waals surface area contributed by atoms with Crippen LogP contribution in [0.1, 0.15) is 34.3 Å². The number of amides is 1. The van der Waals surface area contributed by atoms with Gasteiger partial charge in [-0.1, -0.05) is 6.07 Å². The Morgan fingerprint density at radius 1 is 1.00 bits per heavy atom. The first-order chi connectivity index (χ1) is 16.1. The van der Waals surface area contributed by atoms with Gasteiger partial charge in [-0.15, -0.1) is 0 Å². The number of morpholine rings is 1. The first kappa shape index (κ1) is 24.5. The molecule has 2 aromatic rings. The summed E-state index contributed by atoms with van der Waals surface area (Å²) in [6, 6.07) is 7.53. The third kappa shape index (κ3) is 5.06. The molecule has 2 aromatic carbocycles. The van der Waals surface area contributed by atoms with Gasteiger partial charge in [-0.3, -0.25) is 4.79 Å². The van der Waals surface area contributed by atoms with Gasteiger partial charge in [-0.25, -0.2) is 8.42 Å². The van der Waals surface area contributed by atoms with Crippen LogP contribution in [0.2, 0.25) is 0 Å². The Morgan fingerprint density at radius 2 is 1.68 bits per heavy atom. The fraction of sp³-hybridized carbons (Fsp3) is 0.435. The molecule has 0 unspecified atom stereocenters. The summed E-state index contributed by atoms with van der Waals surface area (Å²) in [5.74, 6) is -0.670. The summed E-state index contributed by atoms with van der Waals surface area (Å²) < 4.78 is 72.6. The number of hydrogen-bond acceptors (Lipinski definition) is 5. The van der Waals surface area contributed by atoms with Crippen molar-refractivity contribution < 1.29 is 31.1 Å². The van der Waals surface area contributed by atoms with E-state index in [-0.39, 0.29) is 42.4 Å². The predicted octanol–water partition coefficient (Wildman–Crippen LogP) is 3.89. The third-order valence-corrected chi connectivity index (χ3v) is 7.97. The van der Waals surface area contributed by atoms with E-state index >= 15 is 0 Å². The lowest BCUT2D eigenvalue weighted by molar-refractivity contribution is -0.137. The quantitative estimate of drug-likeness (QED) is 0.678. The number of benzene rings is 2. The molecule has 184 valence electrons. The second kappa shape index (κ2) is 9.55. The van der Waals surface area contributed by atoms with E-state index in [1.165, 1.54) is 28.6 Å². The predicted molar refractivity (Wildman–Crippen MR) is 122 cm³/mol. The number of nitrogens with zero attached hydrogens (tertiary/aromatic N) is 2. The van der Waals surface area contributed by atoms with Crippen LogP contribution in [-0.4, -0.2) is 58.0 Å². The Labute approximate surface area is 196 Å². The summed E-state index contributed by atoms with van der Waals surface area (Å²) >= 11 is 0. The van der Waals surface area contributed by atoms with E-state index in [0.717, 1.165) is 25.0 Å². The van der Waals surface area contributed by atoms with Crippen LogP contribution in [0.3, 0.4) is 0 Å². The number of aryl methyl sites for hydroxylation is 1. The van der Waals surface area contributed by atoms with Gasteiger partial charge in [0.25, 0.3) is 5.91 Å². The molecular weight excluding hydrogens is 471 g/mol. The minimum absolute atomic E-state index is 0.0440. The average Bonchev–Trinajstić information content (AvgIpc) is 3.34.